The number of amides is 4. The number of imide groups is 2. The second-order valence-corrected chi connectivity index (χ2v) is 5.33. The van der Waals surface area contributed by atoms with Crippen molar-refractivity contribution < 1.29 is 36.9 Å². The lowest BCUT2D eigenvalue weighted by atomic mass is 10.2. The Morgan fingerprint density at radius 3 is 2.13 bits per heavy atom. The van der Waals surface area contributed by atoms with E-state index in [-0.39, 0.29) is 19.3 Å². The Balaban J connectivity index is 2.18. The SMILES string of the molecule is O=C(CCC(N1C(=O)C=CC1=O)N1C(=O)CCC1=O)OS(=O)O. The fourth-order valence-corrected chi connectivity index (χ4v) is 2.62. The number of rotatable bonds is 6. The van der Waals surface area contributed by atoms with Crippen molar-refractivity contribution in [1.29, 1.82) is 0 Å². The van der Waals surface area contributed by atoms with Gasteiger partial charge in [-0.3, -0.25) is 38.3 Å². The topological polar surface area (TPSA) is 138 Å². The molecule has 0 aromatic rings. The van der Waals surface area contributed by atoms with E-state index in [4.69, 9.17) is 4.55 Å². The average Bonchev–Trinajstić information content (AvgIpc) is 2.95. The largest absolute Gasteiger partial charge is 0.360 e. The fraction of sp³-hybridized carbons (Fsp3) is 0.417. The minimum Gasteiger partial charge on any atom is -0.343 e. The molecule has 10 nitrogen and oxygen atoms in total. The van der Waals surface area contributed by atoms with Crippen LogP contribution in [0.1, 0.15) is 25.7 Å². The molecule has 4 amide bonds. The Hall–Kier alpha value is -2.40. The maximum atomic E-state index is 11.8. The molecule has 1 saturated heterocycles. The van der Waals surface area contributed by atoms with E-state index in [1.807, 2.05) is 0 Å². The highest BCUT2D eigenvalue weighted by molar-refractivity contribution is 7.74. The monoisotopic (exact) mass is 344 g/mol. The number of nitrogens with zero attached hydrogens (tertiary/aromatic N) is 2. The predicted molar refractivity (Wildman–Crippen MR) is 72.0 cm³/mol. The van der Waals surface area contributed by atoms with Crippen LogP contribution in [0.2, 0.25) is 0 Å². The van der Waals surface area contributed by atoms with Gasteiger partial charge in [0.2, 0.25) is 11.8 Å². The zero-order valence-corrected chi connectivity index (χ0v) is 12.5. The number of hydrogen-bond donors (Lipinski definition) is 1. The molecule has 1 fully saturated rings. The van der Waals surface area contributed by atoms with Crippen LogP contribution in [0.25, 0.3) is 0 Å². The molecule has 0 radical (unpaired) electrons. The van der Waals surface area contributed by atoms with Gasteiger partial charge in [0.25, 0.3) is 11.8 Å². The van der Waals surface area contributed by atoms with Crippen LogP contribution in [0.3, 0.4) is 0 Å². The normalized spacial score (nSPS) is 20.4. The van der Waals surface area contributed by atoms with Gasteiger partial charge in [0.15, 0.2) is 0 Å². The minimum absolute atomic E-state index is 0.0515. The summed E-state index contributed by atoms with van der Waals surface area (Å²) in [6, 6.07) is 0. The van der Waals surface area contributed by atoms with Gasteiger partial charge in [0.05, 0.1) is 6.42 Å². The zero-order valence-electron chi connectivity index (χ0n) is 11.7. The summed E-state index contributed by atoms with van der Waals surface area (Å²) >= 11 is -2.80. The standard InChI is InChI=1S/C12H12N2O8S/c15-8-2-3-9(16)13(8)7(1-6-12(19)22-23(20)21)14-10(17)4-5-11(14)18/h2-3,7H,1,4-6H2,(H,20,21). The van der Waals surface area contributed by atoms with Gasteiger partial charge in [-0.15, -0.1) is 0 Å². The molecule has 0 aromatic heterocycles. The molecule has 0 bridgehead atoms. The molecular weight excluding hydrogens is 332 g/mol. The van der Waals surface area contributed by atoms with Crippen molar-refractivity contribution in [2.75, 3.05) is 0 Å². The number of carbonyl (C=O) groups excluding carboxylic acids is 5. The van der Waals surface area contributed by atoms with E-state index >= 15 is 0 Å². The molecule has 1 N–H and O–H groups in total. The third-order valence-corrected chi connectivity index (χ3v) is 3.63. The molecule has 2 rings (SSSR count). The zero-order chi connectivity index (χ0) is 17.1. The molecule has 0 saturated carbocycles. The first-order chi connectivity index (χ1) is 10.8. The molecule has 2 unspecified atom stereocenters. The van der Waals surface area contributed by atoms with Crippen molar-refractivity contribution in [1.82, 2.24) is 9.80 Å². The van der Waals surface area contributed by atoms with Crippen molar-refractivity contribution in [3.63, 3.8) is 0 Å². The molecule has 2 atom stereocenters. The lowest BCUT2D eigenvalue weighted by Gasteiger charge is -2.32. The number of carbonyl (C=O) groups is 5. The van der Waals surface area contributed by atoms with Gasteiger partial charge in [-0.25, -0.2) is 0 Å². The Labute approximate surface area is 132 Å². The van der Waals surface area contributed by atoms with Crippen molar-refractivity contribution in [3.05, 3.63) is 12.2 Å². The Kier molecular flexibility index (Phi) is 5.01. The van der Waals surface area contributed by atoms with Gasteiger partial charge >= 0.3 is 17.3 Å². The summed E-state index contributed by atoms with van der Waals surface area (Å²) < 4.78 is 22.9. The first-order valence-corrected chi connectivity index (χ1v) is 7.56. The smallest absolute Gasteiger partial charge is 0.343 e. The van der Waals surface area contributed by atoms with Crippen LogP contribution in [0.5, 0.6) is 0 Å². The summed E-state index contributed by atoms with van der Waals surface area (Å²) in [5, 5.41) is 0. The highest BCUT2D eigenvalue weighted by Gasteiger charge is 2.42. The summed E-state index contributed by atoms with van der Waals surface area (Å²) in [6.07, 6.45) is -0.151. The maximum absolute atomic E-state index is 11.8. The van der Waals surface area contributed by atoms with Gasteiger partial charge in [-0.2, -0.15) is 4.21 Å². The van der Waals surface area contributed by atoms with Gasteiger partial charge < -0.3 is 4.18 Å². The highest BCUT2D eigenvalue weighted by Crippen LogP contribution is 2.24. The van der Waals surface area contributed by atoms with Gasteiger partial charge in [-0.1, -0.05) is 0 Å². The van der Waals surface area contributed by atoms with Crippen LogP contribution >= 0.6 is 0 Å². The highest BCUT2D eigenvalue weighted by atomic mass is 32.2. The minimum atomic E-state index is -2.80. The molecule has 2 heterocycles. The average molecular weight is 344 g/mol. The van der Waals surface area contributed by atoms with E-state index in [2.05, 4.69) is 4.18 Å². The number of hydrogen-bond acceptors (Lipinski definition) is 7. The molecular formula is C12H12N2O8S. The quantitative estimate of drug-likeness (QED) is 0.470. The van der Waals surface area contributed by atoms with E-state index in [9.17, 15) is 28.2 Å². The second-order valence-electron chi connectivity index (χ2n) is 4.73. The molecule has 124 valence electrons. The van der Waals surface area contributed by atoms with Crippen LogP contribution in [-0.2, 0) is 39.5 Å². The second kappa shape index (κ2) is 6.79. The molecule has 0 aliphatic carbocycles. The molecule has 2 aliphatic rings. The van der Waals surface area contributed by atoms with Gasteiger partial charge in [0, 0.05) is 25.0 Å². The summed E-state index contributed by atoms with van der Waals surface area (Å²) in [4.78, 5) is 60.1. The van der Waals surface area contributed by atoms with E-state index in [1.165, 1.54) is 0 Å². The Morgan fingerprint density at radius 2 is 1.65 bits per heavy atom. The van der Waals surface area contributed by atoms with Crippen LogP contribution in [0.4, 0.5) is 0 Å². The molecule has 11 heteroatoms. The van der Waals surface area contributed by atoms with Crippen molar-refractivity contribution in [3.8, 4) is 0 Å². The van der Waals surface area contributed by atoms with Gasteiger partial charge in [0.1, 0.15) is 6.17 Å². The van der Waals surface area contributed by atoms with Crippen molar-refractivity contribution >= 4 is 41.0 Å². The third kappa shape index (κ3) is 3.68. The van der Waals surface area contributed by atoms with E-state index < -0.39 is 53.5 Å². The Bertz CT molecular complexity index is 607. The van der Waals surface area contributed by atoms with Crippen LogP contribution < -0.4 is 0 Å². The number of likely N-dealkylation sites (tertiary alicyclic amines) is 1. The first-order valence-electron chi connectivity index (χ1n) is 6.53. The van der Waals surface area contributed by atoms with Crippen LogP contribution in [-0.4, -0.2) is 54.3 Å². The molecule has 0 spiro atoms. The fourth-order valence-electron chi connectivity index (χ4n) is 2.37. The Morgan fingerprint density at radius 1 is 1.13 bits per heavy atom. The lowest BCUT2D eigenvalue weighted by molar-refractivity contribution is -0.155. The maximum Gasteiger partial charge on any atom is 0.360 e. The van der Waals surface area contributed by atoms with Crippen molar-refractivity contribution in [2.45, 2.75) is 31.8 Å². The lowest BCUT2D eigenvalue weighted by Crippen LogP contribution is -2.53. The third-order valence-electron chi connectivity index (χ3n) is 3.30. The molecule has 23 heavy (non-hydrogen) atoms. The first kappa shape index (κ1) is 17.0. The van der Waals surface area contributed by atoms with Crippen molar-refractivity contribution in [2.24, 2.45) is 0 Å². The van der Waals surface area contributed by atoms with Gasteiger partial charge in [-0.05, 0) is 6.42 Å². The predicted octanol–water partition coefficient (Wildman–Crippen LogP) is -1.15. The van der Waals surface area contributed by atoms with E-state index in [0.717, 1.165) is 17.1 Å². The molecule has 2 aliphatic heterocycles. The summed E-state index contributed by atoms with van der Waals surface area (Å²) in [6.45, 7) is 0. The van der Waals surface area contributed by atoms with Crippen LogP contribution in [0.15, 0.2) is 12.2 Å². The van der Waals surface area contributed by atoms with Crippen LogP contribution in [0, 0.1) is 0 Å². The summed E-state index contributed by atoms with van der Waals surface area (Å²) in [5.41, 5.74) is 0. The summed E-state index contributed by atoms with van der Waals surface area (Å²) in [7, 11) is 0. The van der Waals surface area contributed by atoms with E-state index in [0.29, 0.717) is 4.90 Å². The van der Waals surface area contributed by atoms with E-state index in [1.54, 1.807) is 0 Å². The summed E-state index contributed by atoms with van der Waals surface area (Å²) in [5.74, 6) is -3.63. The molecule has 0 aromatic carbocycles.